The molecule has 124 valence electrons. The SMILES string of the molecule is Cc1cc(N2CCC(n3cnc4c3CCCC4)C2)c(C#N)c(C)n1. The fourth-order valence-electron chi connectivity index (χ4n) is 4.19. The van der Waals surface area contributed by atoms with Crippen molar-refractivity contribution in [1.82, 2.24) is 14.5 Å². The summed E-state index contributed by atoms with van der Waals surface area (Å²) in [5.41, 5.74) is 6.30. The van der Waals surface area contributed by atoms with Gasteiger partial charge in [0.05, 0.1) is 35.0 Å². The number of aromatic nitrogens is 3. The van der Waals surface area contributed by atoms with Crippen LogP contribution in [-0.4, -0.2) is 27.6 Å². The van der Waals surface area contributed by atoms with Gasteiger partial charge in [-0.1, -0.05) is 0 Å². The average molecular weight is 321 g/mol. The number of pyridine rings is 1. The van der Waals surface area contributed by atoms with Crippen LogP contribution in [0.25, 0.3) is 0 Å². The van der Waals surface area contributed by atoms with Gasteiger partial charge in [0.15, 0.2) is 0 Å². The summed E-state index contributed by atoms with van der Waals surface area (Å²) in [6.45, 7) is 5.85. The number of rotatable bonds is 2. The van der Waals surface area contributed by atoms with Crippen molar-refractivity contribution in [2.45, 2.75) is 52.0 Å². The molecule has 0 bridgehead atoms. The highest BCUT2D eigenvalue weighted by atomic mass is 15.2. The van der Waals surface area contributed by atoms with E-state index >= 15 is 0 Å². The van der Waals surface area contributed by atoms with Gasteiger partial charge in [0.25, 0.3) is 0 Å². The van der Waals surface area contributed by atoms with Gasteiger partial charge in [-0.3, -0.25) is 4.98 Å². The summed E-state index contributed by atoms with van der Waals surface area (Å²) in [7, 11) is 0. The van der Waals surface area contributed by atoms with Gasteiger partial charge in [-0.05, 0) is 52.0 Å². The highest BCUT2D eigenvalue weighted by molar-refractivity contribution is 5.62. The fraction of sp³-hybridized carbons (Fsp3) is 0.526. The molecular weight excluding hydrogens is 298 g/mol. The van der Waals surface area contributed by atoms with Crippen molar-refractivity contribution in [1.29, 1.82) is 5.26 Å². The molecule has 0 spiro atoms. The minimum Gasteiger partial charge on any atom is -0.368 e. The molecular formula is C19H23N5. The van der Waals surface area contributed by atoms with Gasteiger partial charge >= 0.3 is 0 Å². The second kappa shape index (κ2) is 5.94. The van der Waals surface area contributed by atoms with E-state index in [1.54, 1.807) is 0 Å². The molecule has 0 N–H and O–H groups in total. The molecule has 1 aliphatic carbocycles. The first kappa shape index (κ1) is 15.2. The number of nitriles is 1. The molecule has 0 amide bonds. The Bertz CT molecular complexity index is 814. The van der Waals surface area contributed by atoms with E-state index in [1.807, 2.05) is 20.2 Å². The summed E-state index contributed by atoms with van der Waals surface area (Å²) in [6.07, 6.45) is 7.97. The van der Waals surface area contributed by atoms with E-state index in [9.17, 15) is 5.26 Å². The Labute approximate surface area is 143 Å². The molecule has 1 fully saturated rings. The minimum atomic E-state index is 0.458. The van der Waals surface area contributed by atoms with Crippen LogP contribution in [0.2, 0.25) is 0 Å². The highest BCUT2D eigenvalue weighted by Gasteiger charge is 2.29. The third-order valence-electron chi connectivity index (χ3n) is 5.38. The van der Waals surface area contributed by atoms with Crippen LogP contribution in [0.5, 0.6) is 0 Å². The van der Waals surface area contributed by atoms with Gasteiger partial charge in [0.1, 0.15) is 6.07 Å². The van der Waals surface area contributed by atoms with Crippen LogP contribution in [0.3, 0.4) is 0 Å². The zero-order valence-electron chi connectivity index (χ0n) is 14.4. The maximum absolute atomic E-state index is 9.53. The van der Waals surface area contributed by atoms with Gasteiger partial charge < -0.3 is 9.47 Å². The van der Waals surface area contributed by atoms with Crippen LogP contribution in [0, 0.1) is 25.2 Å². The Morgan fingerprint density at radius 3 is 2.92 bits per heavy atom. The zero-order chi connectivity index (χ0) is 16.7. The number of hydrogen-bond acceptors (Lipinski definition) is 4. The first-order valence-corrected chi connectivity index (χ1v) is 8.85. The van der Waals surface area contributed by atoms with Gasteiger partial charge in [-0.25, -0.2) is 4.98 Å². The second-order valence-electron chi connectivity index (χ2n) is 7.00. The molecule has 0 saturated carbocycles. The second-order valence-corrected chi connectivity index (χ2v) is 7.00. The molecule has 24 heavy (non-hydrogen) atoms. The first-order chi connectivity index (χ1) is 11.7. The smallest absolute Gasteiger partial charge is 0.103 e. The molecule has 2 aliphatic rings. The number of imidazole rings is 1. The summed E-state index contributed by atoms with van der Waals surface area (Å²) in [5, 5.41) is 9.53. The van der Waals surface area contributed by atoms with Crippen molar-refractivity contribution in [3.05, 3.63) is 40.7 Å². The van der Waals surface area contributed by atoms with Crippen molar-refractivity contribution in [2.24, 2.45) is 0 Å². The lowest BCUT2D eigenvalue weighted by Crippen LogP contribution is -2.23. The number of hydrogen-bond donors (Lipinski definition) is 0. The lowest BCUT2D eigenvalue weighted by molar-refractivity contribution is 0.515. The first-order valence-electron chi connectivity index (χ1n) is 8.85. The van der Waals surface area contributed by atoms with Gasteiger partial charge in [-0.15, -0.1) is 0 Å². The molecule has 4 rings (SSSR count). The van der Waals surface area contributed by atoms with E-state index in [0.717, 1.165) is 49.4 Å². The molecule has 2 aromatic heterocycles. The normalized spacial score (nSPS) is 20.0. The number of fused-ring (bicyclic) bond motifs is 1. The molecule has 0 aromatic carbocycles. The predicted octanol–water partition coefficient (Wildman–Crippen LogP) is 3.10. The average Bonchev–Trinajstić information content (AvgIpc) is 3.20. The molecule has 5 nitrogen and oxygen atoms in total. The Morgan fingerprint density at radius 1 is 1.25 bits per heavy atom. The zero-order valence-corrected chi connectivity index (χ0v) is 14.4. The van der Waals surface area contributed by atoms with Crippen molar-refractivity contribution in [3.8, 4) is 6.07 Å². The molecule has 1 saturated heterocycles. The quantitative estimate of drug-likeness (QED) is 0.853. The molecule has 5 heteroatoms. The summed E-state index contributed by atoms with van der Waals surface area (Å²) < 4.78 is 2.40. The molecule has 2 aromatic rings. The Morgan fingerprint density at radius 2 is 2.08 bits per heavy atom. The van der Waals surface area contributed by atoms with E-state index in [4.69, 9.17) is 0 Å². The van der Waals surface area contributed by atoms with E-state index in [0.29, 0.717) is 11.6 Å². The van der Waals surface area contributed by atoms with Crippen molar-refractivity contribution < 1.29 is 0 Å². The Hall–Kier alpha value is -2.35. The van der Waals surface area contributed by atoms with E-state index in [-0.39, 0.29) is 0 Å². The number of nitrogens with zero attached hydrogens (tertiary/aromatic N) is 5. The maximum atomic E-state index is 9.53. The van der Waals surface area contributed by atoms with Crippen LogP contribution >= 0.6 is 0 Å². The van der Waals surface area contributed by atoms with E-state index < -0.39 is 0 Å². The van der Waals surface area contributed by atoms with Gasteiger partial charge in [0, 0.05) is 24.5 Å². The Balaban J connectivity index is 1.62. The molecule has 3 heterocycles. The van der Waals surface area contributed by atoms with Crippen LogP contribution < -0.4 is 4.90 Å². The largest absolute Gasteiger partial charge is 0.368 e. The maximum Gasteiger partial charge on any atom is 0.103 e. The summed E-state index contributed by atoms with van der Waals surface area (Å²) in [6, 6.07) is 4.86. The lowest BCUT2D eigenvalue weighted by Gasteiger charge is -2.23. The topological polar surface area (TPSA) is 57.7 Å². The molecule has 1 aliphatic heterocycles. The van der Waals surface area contributed by atoms with Crippen molar-refractivity contribution in [2.75, 3.05) is 18.0 Å². The van der Waals surface area contributed by atoms with Crippen LogP contribution in [0.1, 0.15) is 53.6 Å². The summed E-state index contributed by atoms with van der Waals surface area (Å²) >= 11 is 0. The van der Waals surface area contributed by atoms with E-state index in [1.165, 1.54) is 24.2 Å². The Kier molecular flexibility index (Phi) is 3.76. The van der Waals surface area contributed by atoms with Crippen molar-refractivity contribution in [3.63, 3.8) is 0 Å². The van der Waals surface area contributed by atoms with E-state index in [2.05, 4.69) is 31.6 Å². The summed E-state index contributed by atoms with van der Waals surface area (Å²) in [5.74, 6) is 0. The number of anilines is 1. The highest BCUT2D eigenvalue weighted by Crippen LogP contribution is 2.33. The third kappa shape index (κ3) is 2.47. The van der Waals surface area contributed by atoms with Crippen LogP contribution in [-0.2, 0) is 12.8 Å². The van der Waals surface area contributed by atoms with Crippen molar-refractivity contribution >= 4 is 5.69 Å². The fourth-order valence-corrected chi connectivity index (χ4v) is 4.19. The standard InChI is InChI=1S/C19H23N5/c1-13-9-19(16(10-20)14(2)22-13)23-8-7-15(11-23)24-12-21-17-5-3-4-6-18(17)24/h9,12,15H,3-8,11H2,1-2H3. The molecule has 1 atom stereocenters. The predicted molar refractivity (Wildman–Crippen MR) is 93.2 cm³/mol. The summed E-state index contributed by atoms with van der Waals surface area (Å²) in [4.78, 5) is 11.4. The molecule has 1 unspecified atom stereocenters. The minimum absolute atomic E-state index is 0.458. The number of aryl methyl sites for hydroxylation is 3. The van der Waals surface area contributed by atoms with Gasteiger partial charge in [0.2, 0.25) is 0 Å². The van der Waals surface area contributed by atoms with Crippen LogP contribution in [0.4, 0.5) is 5.69 Å². The third-order valence-corrected chi connectivity index (χ3v) is 5.38. The monoisotopic (exact) mass is 321 g/mol. The lowest BCUT2D eigenvalue weighted by atomic mass is 10.0. The van der Waals surface area contributed by atoms with Gasteiger partial charge in [-0.2, -0.15) is 5.26 Å². The van der Waals surface area contributed by atoms with Crippen LogP contribution in [0.15, 0.2) is 12.4 Å². The molecule has 0 radical (unpaired) electrons.